The van der Waals surface area contributed by atoms with Crippen LogP contribution in [0.25, 0.3) is 22.2 Å². The van der Waals surface area contributed by atoms with Crippen molar-refractivity contribution in [3.63, 3.8) is 0 Å². The highest BCUT2D eigenvalue weighted by atomic mass is 35.5. The number of carbonyl (C=O) groups excluding carboxylic acids is 1. The molecular weight excluding hydrogens is 410 g/mol. The van der Waals surface area contributed by atoms with Crippen LogP contribution < -0.4 is 0 Å². The van der Waals surface area contributed by atoms with Gasteiger partial charge in [-0.3, -0.25) is 4.79 Å². The molecule has 0 radical (unpaired) electrons. The van der Waals surface area contributed by atoms with E-state index in [0.717, 1.165) is 27.7 Å². The van der Waals surface area contributed by atoms with E-state index < -0.39 is 6.23 Å². The van der Waals surface area contributed by atoms with Crippen LogP contribution in [0.5, 0.6) is 0 Å². The molecule has 0 aliphatic carbocycles. The van der Waals surface area contributed by atoms with Gasteiger partial charge in [-0.25, -0.2) is 4.98 Å². The zero-order chi connectivity index (χ0) is 21.4. The number of amides is 1. The van der Waals surface area contributed by atoms with Gasteiger partial charge in [-0.05, 0) is 24.3 Å². The van der Waals surface area contributed by atoms with E-state index in [1.165, 1.54) is 11.9 Å². The molecule has 31 heavy (non-hydrogen) atoms. The van der Waals surface area contributed by atoms with Crippen molar-refractivity contribution in [3.05, 3.63) is 101 Å². The Labute approximate surface area is 184 Å². The molecule has 0 saturated carbocycles. The summed E-state index contributed by atoms with van der Waals surface area (Å²) in [4.78, 5) is 17.3. The molecule has 2 heterocycles. The summed E-state index contributed by atoms with van der Waals surface area (Å²) in [6.07, 6.45) is -0.723. The van der Waals surface area contributed by atoms with Crippen molar-refractivity contribution < 1.29 is 9.53 Å². The summed E-state index contributed by atoms with van der Waals surface area (Å²) in [5, 5.41) is 7.22. The van der Waals surface area contributed by atoms with Crippen molar-refractivity contribution in [2.75, 3.05) is 0 Å². The van der Waals surface area contributed by atoms with Crippen LogP contribution in [0.3, 0.4) is 0 Å². The molecule has 5 rings (SSSR count). The summed E-state index contributed by atoms with van der Waals surface area (Å²) in [5.74, 6) is 0.0853. The Morgan fingerprint density at radius 2 is 1.68 bits per heavy atom. The van der Waals surface area contributed by atoms with Crippen molar-refractivity contribution in [1.29, 1.82) is 0 Å². The Morgan fingerprint density at radius 1 is 0.968 bits per heavy atom. The average molecular weight is 428 g/mol. The molecule has 152 valence electrons. The van der Waals surface area contributed by atoms with Crippen molar-refractivity contribution in [3.8, 4) is 11.3 Å². The second kappa shape index (κ2) is 7.85. The number of carbonyl (C=O) groups is 1. The first kappa shape index (κ1) is 19.3. The van der Waals surface area contributed by atoms with Gasteiger partial charge in [0.2, 0.25) is 18.0 Å². The minimum Gasteiger partial charge on any atom is -0.446 e. The topological polar surface area (TPSA) is 54.8 Å². The Balaban J connectivity index is 1.66. The number of para-hydroxylation sites is 1. The van der Waals surface area contributed by atoms with Gasteiger partial charge in [0.25, 0.3) is 0 Å². The fourth-order valence-electron chi connectivity index (χ4n) is 3.68. The molecule has 0 unspecified atom stereocenters. The van der Waals surface area contributed by atoms with Crippen LogP contribution in [0, 0.1) is 0 Å². The fraction of sp³-hybridized carbons (Fsp3) is 0.0800. The minimum atomic E-state index is -0.723. The lowest BCUT2D eigenvalue weighted by molar-refractivity contribution is -0.135. The highest BCUT2D eigenvalue weighted by Gasteiger charge is 2.35. The molecule has 0 saturated heterocycles. The lowest BCUT2D eigenvalue weighted by Crippen LogP contribution is -2.25. The lowest BCUT2D eigenvalue weighted by Gasteiger charge is -2.21. The predicted octanol–water partition coefficient (Wildman–Crippen LogP) is 5.79. The number of hydrogen-bond donors (Lipinski definition) is 0. The summed E-state index contributed by atoms with van der Waals surface area (Å²) >= 11 is 6.35. The molecule has 0 fully saturated rings. The van der Waals surface area contributed by atoms with Gasteiger partial charge >= 0.3 is 0 Å². The predicted molar refractivity (Wildman–Crippen MR) is 122 cm³/mol. The summed E-state index contributed by atoms with van der Waals surface area (Å²) in [6, 6.07) is 27.0. The van der Waals surface area contributed by atoms with Gasteiger partial charge in [-0.1, -0.05) is 72.3 Å². The average Bonchev–Trinajstić information content (AvgIpc) is 3.25. The monoisotopic (exact) mass is 427 g/mol. The minimum absolute atomic E-state index is 0.228. The van der Waals surface area contributed by atoms with Gasteiger partial charge in [0.1, 0.15) is 0 Å². The molecule has 1 aliphatic heterocycles. The Kier molecular flexibility index (Phi) is 4.88. The van der Waals surface area contributed by atoms with Crippen molar-refractivity contribution in [2.45, 2.75) is 13.2 Å². The molecule has 0 N–H and O–H groups in total. The van der Waals surface area contributed by atoms with Gasteiger partial charge in [-0.2, -0.15) is 5.01 Å². The number of aromatic nitrogens is 1. The first-order chi connectivity index (χ1) is 15.1. The van der Waals surface area contributed by atoms with Crippen LogP contribution in [-0.2, 0) is 9.53 Å². The molecular formula is C25H18ClN3O2. The molecule has 3 aromatic carbocycles. The fourth-order valence-corrected chi connectivity index (χ4v) is 3.89. The number of hydrogen-bond acceptors (Lipinski definition) is 4. The van der Waals surface area contributed by atoms with Crippen LogP contribution in [-0.4, -0.2) is 21.8 Å². The second-order valence-electron chi connectivity index (χ2n) is 7.20. The van der Waals surface area contributed by atoms with Gasteiger partial charge < -0.3 is 4.74 Å². The van der Waals surface area contributed by atoms with E-state index in [-0.39, 0.29) is 5.91 Å². The normalized spacial score (nSPS) is 15.6. The molecule has 1 amide bonds. The third-order valence-corrected chi connectivity index (χ3v) is 5.48. The smallest absolute Gasteiger partial charge is 0.243 e. The van der Waals surface area contributed by atoms with Crippen LogP contribution in [0.4, 0.5) is 0 Å². The first-order valence-electron chi connectivity index (χ1n) is 9.87. The number of ether oxygens (including phenoxy) is 1. The maximum Gasteiger partial charge on any atom is 0.243 e. The van der Waals surface area contributed by atoms with Crippen molar-refractivity contribution in [1.82, 2.24) is 9.99 Å². The summed E-state index contributed by atoms with van der Waals surface area (Å²) < 4.78 is 6.23. The molecule has 5 nitrogen and oxygen atoms in total. The lowest BCUT2D eigenvalue weighted by atomic mass is 10.0. The van der Waals surface area contributed by atoms with Gasteiger partial charge in [0, 0.05) is 23.4 Å². The third-order valence-electron chi connectivity index (χ3n) is 5.15. The number of hydrazone groups is 1. The van der Waals surface area contributed by atoms with Crippen molar-refractivity contribution >= 4 is 34.3 Å². The van der Waals surface area contributed by atoms with Crippen LogP contribution in [0.15, 0.2) is 90.0 Å². The molecule has 1 aromatic heterocycles. The molecule has 6 heteroatoms. The number of nitrogens with zero attached hydrogens (tertiary/aromatic N) is 3. The number of benzene rings is 3. The number of halogens is 1. The zero-order valence-corrected chi connectivity index (χ0v) is 17.5. The first-order valence-corrected chi connectivity index (χ1v) is 10.2. The molecule has 0 bridgehead atoms. The molecule has 1 atom stereocenters. The SMILES string of the molecule is CC(=O)N1N=C(c2ccccc2Cl)O[C@@H]1c1cc(-c2ccccc2)nc2ccccc12. The maximum atomic E-state index is 12.5. The number of fused-ring (bicyclic) bond motifs is 1. The van der Waals surface area contributed by atoms with Gasteiger partial charge in [-0.15, -0.1) is 5.10 Å². The van der Waals surface area contributed by atoms with Crippen LogP contribution >= 0.6 is 11.6 Å². The van der Waals surface area contributed by atoms with E-state index in [0.29, 0.717) is 16.5 Å². The Bertz CT molecular complexity index is 1320. The quantitative estimate of drug-likeness (QED) is 0.415. The summed E-state index contributed by atoms with van der Waals surface area (Å²) in [5.41, 5.74) is 4.05. The number of rotatable bonds is 3. The highest BCUT2D eigenvalue weighted by molar-refractivity contribution is 6.33. The van der Waals surface area contributed by atoms with Crippen molar-refractivity contribution in [2.24, 2.45) is 5.10 Å². The van der Waals surface area contributed by atoms with E-state index in [9.17, 15) is 4.79 Å². The van der Waals surface area contributed by atoms with E-state index in [1.807, 2.05) is 78.9 Å². The number of pyridine rings is 1. The standard InChI is InChI=1S/C25H18ClN3O2/c1-16(30)29-25(31-24(28-29)19-12-5-7-13-21(19)26)20-15-23(17-9-3-2-4-10-17)27-22-14-8-6-11-18(20)22/h2-15,25H,1H3/t25-/m1/s1. The largest absolute Gasteiger partial charge is 0.446 e. The van der Waals surface area contributed by atoms with Gasteiger partial charge in [0.05, 0.1) is 21.8 Å². The van der Waals surface area contributed by atoms with E-state index in [4.69, 9.17) is 21.3 Å². The third kappa shape index (κ3) is 3.53. The molecule has 4 aromatic rings. The van der Waals surface area contributed by atoms with Crippen LogP contribution in [0.1, 0.15) is 24.3 Å². The van der Waals surface area contributed by atoms with E-state index in [2.05, 4.69) is 5.10 Å². The Hall–Kier alpha value is -3.70. The van der Waals surface area contributed by atoms with E-state index >= 15 is 0 Å². The van der Waals surface area contributed by atoms with E-state index in [1.54, 1.807) is 6.07 Å². The molecule has 0 spiro atoms. The Morgan fingerprint density at radius 3 is 2.45 bits per heavy atom. The van der Waals surface area contributed by atoms with Crippen LogP contribution in [0.2, 0.25) is 5.02 Å². The summed E-state index contributed by atoms with van der Waals surface area (Å²) in [6.45, 7) is 1.47. The maximum absolute atomic E-state index is 12.5. The van der Waals surface area contributed by atoms with Gasteiger partial charge in [0.15, 0.2) is 0 Å². The molecule has 1 aliphatic rings. The highest BCUT2D eigenvalue weighted by Crippen LogP contribution is 2.37. The second-order valence-corrected chi connectivity index (χ2v) is 7.61. The summed E-state index contributed by atoms with van der Waals surface area (Å²) in [7, 11) is 0. The zero-order valence-electron chi connectivity index (χ0n) is 16.7.